The number of pyridine rings is 1. The average Bonchev–Trinajstić information content (AvgIpc) is 2.80. The van der Waals surface area contributed by atoms with Crippen LogP contribution in [-0.2, 0) is 19.4 Å². The van der Waals surface area contributed by atoms with E-state index in [1.165, 1.54) is 54.7 Å². The van der Waals surface area contributed by atoms with E-state index < -0.39 is 0 Å². The van der Waals surface area contributed by atoms with Gasteiger partial charge < -0.3 is 10.6 Å². The maximum Gasteiger partial charge on any atom is 0.133 e. The summed E-state index contributed by atoms with van der Waals surface area (Å²) in [7, 11) is 0. The predicted molar refractivity (Wildman–Crippen MR) is 84.0 cm³/mol. The molecular weight excluding hydrogens is 246 g/mol. The lowest BCUT2D eigenvalue weighted by Gasteiger charge is -2.26. The molecule has 1 saturated heterocycles. The van der Waals surface area contributed by atoms with Gasteiger partial charge in [0.25, 0.3) is 0 Å². The predicted octanol–water partition coefficient (Wildman–Crippen LogP) is 3.05. The van der Waals surface area contributed by atoms with E-state index in [1.54, 1.807) is 0 Å². The van der Waals surface area contributed by atoms with Crippen LogP contribution in [-0.4, -0.2) is 18.1 Å². The minimum Gasteiger partial charge on any atom is -0.356 e. The fraction of sp³-hybridized carbons (Fsp3) is 0.706. The zero-order valence-corrected chi connectivity index (χ0v) is 12.9. The van der Waals surface area contributed by atoms with Crippen molar-refractivity contribution in [3.05, 3.63) is 22.9 Å². The van der Waals surface area contributed by atoms with Crippen molar-refractivity contribution in [2.45, 2.75) is 58.9 Å². The van der Waals surface area contributed by atoms with Gasteiger partial charge in [-0.05, 0) is 55.6 Å². The summed E-state index contributed by atoms with van der Waals surface area (Å²) in [6.45, 7) is 7.62. The van der Waals surface area contributed by atoms with Gasteiger partial charge in [-0.2, -0.15) is 0 Å². The minimum absolute atomic E-state index is 0.467. The largest absolute Gasteiger partial charge is 0.356 e. The smallest absolute Gasteiger partial charge is 0.133 e. The number of hydrogen-bond donors (Lipinski definition) is 1. The molecule has 0 radical (unpaired) electrons. The second kappa shape index (κ2) is 5.36. The SMILES string of the molecule is CC1(C)CCCN(c2nc3c(cc2CN)CCC3)CC1. The molecule has 0 unspecified atom stereocenters. The van der Waals surface area contributed by atoms with Crippen molar-refractivity contribution in [2.24, 2.45) is 11.1 Å². The Labute approximate surface area is 122 Å². The van der Waals surface area contributed by atoms with Crippen molar-refractivity contribution in [1.29, 1.82) is 0 Å². The first-order chi connectivity index (χ1) is 9.59. The fourth-order valence-electron chi connectivity index (χ4n) is 3.57. The van der Waals surface area contributed by atoms with E-state index in [2.05, 4.69) is 24.8 Å². The first-order valence-electron chi connectivity index (χ1n) is 8.06. The highest BCUT2D eigenvalue weighted by Gasteiger charge is 2.25. The van der Waals surface area contributed by atoms with Gasteiger partial charge in [0, 0.05) is 30.9 Å². The van der Waals surface area contributed by atoms with Crippen LogP contribution in [0.5, 0.6) is 0 Å². The maximum absolute atomic E-state index is 5.98. The normalized spacial score (nSPS) is 21.6. The number of nitrogens with two attached hydrogens (primary N) is 1. The molecule has 20 heavy (non-hydrogen) atoms. The Morgan fingerprint density at radius 2 is 2.05 bits per heavy atom. The summed E-state index contributed by atoms with van der Waals surface area (Å²) in [6.07, 6.45) is 7.40. The third-order valence-electron chi connectivity index (χ3n) is 4.97. The Morgan fingerprint density at radius 1 is 1.20 bits per heavy atom. The Morgan fingerprint density at radius 3 is 2.85 bits per heavy atom. The standard InChI is InChI=1S/C17H27N3/c1-17(2)7-4-9-20(10-8-17)16-14(12-18)11-13-5-3-6-15(13)19-16/h11H,3-10,12,18H2,1-2H3. The molecule has 0 aromatic carbocycles. The summed E-state index contributed by atoms with van der Waals surface area (Å²) in [5.41, 5.74) is 10.4. The van der Waals surface area contributed by atoms with E-state index in [0.717, 1.165) is 19.5 Å². The van der Waals surface area contributed by atoms with Crippen LogP contribution < -0.4 is 10.6 Å². The molecule has 1 aliphatic heterocycles. The summed E-state index contributed by atoms with van der Waals surface area (Å²) in [5, 5.41) is 0. The summed E-state index contributed by atoms with van der Waals surface area (Å²) in [5.74, 6) is 1.17. The Kier molecular flexibility index (Phi) is 3.72. The fourth-order valence-corrected chi connectivity index (χ4v) is 3.57. The summed E-state index contributed by atoms with van der Waals surface area (Å²) >= 11 is 0. The van der Waals surface area contributed by atoms with Crippen LogP contribution in [0.3, 0.4) is 0 Å². The average molecular weight is 273 g/mol. The molecule has 0 atom stereocenters. The summed E-state index contributed by atoms with van der Waals surface area (Å²) in [6, 6.07) is 2.32. The molecule has 3 rings (SSSR count). The molecule has 1 fully saturated rings. The van der Waals surface area contributed by atoms with E-state index in [4.69, 9.17) is 10.7 Å². The van der Waals surface area contributed by atoms with E-state index in [1.807, 2.05) is 0 Å². The van der Waals surface area contributed by atoms with Crippen LogP contribution in [0.25, 0.3) is 0 Å². The van der Waals surface area contributed by atoms with Gasteiger partial charge in [0.2, 0.25) is 0 Å². The van der Waals surface area contributed by atoms with Crippen molar-refractivity contribution in [3.63, 3.8) is 0 Å². The molecule has 0 bridgehead atoms. The molecular formula is C17H27N3. The molecule has 1 aromatic heterocycles. The zero-order valence-electron chi connectivity index (χ0n) is 12.9. The maximum atomic E-state index is 5.98. The lowest BCUT2D eigenvalue weighted by molar-refractivity contribution is 0.325. The van der Waals surface area contributed by atoms with Crippen LogP contribution in [0, 0.1) is 5.41 Å². The van der Waals surface area contributed by atoms with Crippen molar-refractivity contribution in [2.75, 3.05) is 18.0 Å². The highest BCUT2D eigenvalue weighted by molar-refractivity contribution is 5.51. The van der Waals surface area contributed by atoms with E-state index >= 15 is 0 Å². The van der Waals surface area contributed by atoms with Gasteiger partial charge in [-0.25, -0.2) is 4.98 Å². The quantitative estimate of drug-likeness (QED) is 0.900. The highest BCUT2D eigenvalue weighted by atomic mass is 15.2. The first kappa shape index (κ1) is 13.9. The second-order valence-corrected chi connectivity index (χ2v) is 7.14. The molecule has 3 nitrogen and oxygen atoms in total. The number of anilines is 1. The third kappa shape index (κ3) is 2.69. The molecule has 2 heterocycles. The molecule has 0 amide bonds. The van der Waals surface area contributed by atoms with Gasteiger partial charge in [0.15, 0.2) is 0 Å². The lowest BCUT2D eigenvalue weighted by Crippen LogP contribution is -2.28. The van der Waals surface area contributed by atoms with Gasteiger partial charge in [-0.3, -0.25) is 0 Å². The Bertz CT molecular complexity index is 493. The van der Waals surface area contributed by atoms with Crippen LogP contribution in [0.1, 0.15) is 56.4 Å². The van der Waals surface area contributed by atoms with E-state index in [-0.39, 0.29) is 0 Å². The number of rotatable bonds is 2. The number of nitrogens with zero attached hydrogens (tertiary/aromatic N) is 2. The molecule has 3 heteroatoms. The Balaban J connectivity index is 1.89. The topological polar surface area (TPSA) is 42.2 Å². The molecule has 0 spiro atoms. The van der Waals surface area contributed by atoms with Crippen molar-refractivity contribution in [3.8, 4) is 0 Å². The van der Waals surface area contributed by atoms with Crippen molar-refractivity contribution in [1.82, 2.24) is 4.98 Å². The van der Waals surface area contributed by atoms with Crippen LogP contribution in [0.2, 0.25) is 0 Å². The van der Waals surface area contributed by atoms with Gasteiger partial charge in [-0.15, -0.1) is 0 Å². The van der Waals surface area contributed by atoms with Crippen LogP contribution >= 0.6 is 0 Å². The van der Waals surface area contributed by atoms with Crippen LogP contribution in [0.4, 0.5) is 5.82 Å². The molecule has 2 aliphatic rings. The minimum atomic E-state index is 0.467. The van der Waals surface area contributed by atoms with Gasteiger partial charge >= 0.3 is 0 Å². The third-order valence-corrected chi connectivity index (χ3v) is 4.97. The molecule has 1 aromatic rings. The number of fused-ring (bicyclic) bond motifs is 1. The van der Waals surface area contributed by atoms with Gasteiger partial charge in [-0.1, -0.05) is 13.8 Å². The number of aryl methyl sites for hydroxylation is 2. The van der Waals surface area contributed by atoms with Crippen LogP contribution in [0.15, 0.2) is 6.07 Å². The van der Waals surface area contributed by atoms with Crippen molar-refractivity contribution < 1.29 is 0 Å². The monoisotopic (exact) mass is 273 g/mol. The molecule has 110 valence electrons. The Hall–Kier alpha value is -1.09. The molecule has 0 saturated carbocycles. The van der Waals surface area contributed by atoms with E-state index in [9.17, 15) is 0 Å². The van der Waals surface area contributed by atoms with Gasteiger partial charge in [0.05, 0.1) is 0 Å². The first-order valence-corrected chi connectivity index (χ1v) is 8.06. The van der Waals surface area contributed by atoms with E-state index in [0.29, 0.717) is 12.0 Å². The van der Waals surface area contributed by atoms with Crippen molar-refractivity contribution >= 4 is 5.82 Å². The highest BCUT2D eigenvalue weighted by Crippen LogP contribution is 2.33. The molecule has 2 N–H and O–H groups in total. The second-order valence-electron chi connectivity index (χ2n) is 7.14. The zero-order chi connectivity index (χ0) is 14.2. The van der Waals surface area contributed by atoms with Gasteiger partial charge in [0.1, 0.15) is 5.82 Å². The molecule has 1 aliphatic carbocycles. The lowest BCUT2D eigenvalue weighted by atomic mass is 9.85. The number of hydrogen-bond acceptors (Lipinski definition) is 3. The summed E-state index contributed by atoms with van der Waals surface area (Å²) in [4.78, 5) is 7.46. The number of aromatic nitrogens is 1. The summed E-state index contributed by atoms with van der Waals surface area (Å²) < 4.78 is 0.